The quantitative estimate of drug-likeness (QED) is 0.134. The van der Waals surface area contributed by atoms with Crippen LogP contribution in [-0.2, 0) is 21.5 Å². The molecule has 2 fully saturated rings. The first-order chi connectivity index (χ1) is 14.8. The van der Waals surface area contributed by atoms with Crippen molar-refractivity contribution in [3.05, 3.63) is 30.0 Å². The van der Waals surface area contributed by atoms with E-state index in [1.54, 1.807) is 6.20 Å². The Bertz CT molecular complexity index is 874. The SMILES string of the molecule is CCNC(=NCc1ncc(C(C)(C)C)o1)NCCCN1C(=O)C2C3C=CC(C3)C2C1=O.I. The number of rotatable bonds is 7. The molecule has 1 saturated heterocycles. The summed E-state index contributed by atoms with van der Waals surface area (Å²) in [6, 6.07) is 0. The molecule has 2 aliphatic carbocycles. The molecule has 176 valence electrons. The number of imide groups is 1. The van der Waals surface area contributed by atoms with Gasteiger partial charge in [-0.1, -0.05) is 32.9 Å². The van der Waals surface area contributed by atoms with Crippen LogP contribution in [0.2, 0.25) is 0 Å². The number of aliphatic imine (C=N–C) groups is 1. The highest BCUT2D eigenvalue weighted by Crippen LogP contribution is 2.52. The molecule has 1 aromatic heterocycles. The zero-order valence-corrected chi connectivity index (χ0v) is 21.6. The fourth-order valence-electron chi connectivity index (χ4n) is 4.85. The van der Waals surface area contributed by atoms with Crippen LogP contribution in [0.5, 0.6) is 0 Å². The van der Waals surface area contributed by atoms with Crippen molar-refractivity contribution in [2.45, 2.75) is 52.5 Å². The number of nitrogens with one attached hydrogen (secondary N) is 2. The zero-order valence-electron chi connectivity index (χ0n) is 19.3. The Labute approximate surface area is 206 Å². The summed E-state index contributed by atoms with van der Waals surface area (Å²) in [5.74, 6) is 2.40. The number of halogens is 1. The highest BCUT2D eigenvalue weighted by molar-refractivity contribution is 14.0. The van der Waals surface area contributed by atoms with E-state index in [1.807, 2.05) is 6.92 Å². The number of carbonyl (C=O) groups is 2. The van der Waals surface area contributed by atoms with Gasteiger partial charge in [0.2, 0.25) is 17.7 Å². The highest BCUT2D eigenvalue weighted by Gasteiger charge is 2.58. The van der Waals surface area contributed by atoms with Crippen LogP contribution in [0.15, 0.2) is 27.8 Å². The summed E-state index contributed by atoms with van der Waals surface area (Å²) in [6.07, 6.45) is 7.65. The van der Waals surface area contributed by atoms with Gasteiger partial charge >= 0.3 is 0 Å². The summed E-state index contributed by atoms with van der Waals surface area (Å²) >= 11 is 0. The largest absolute Gasteiger partial charge is 0.443 e. The number of hydrogen-bond acceptors (Lipinski definition) is 5. The summed E-state index contributed by atoms with van der Waals surface area (Å²) < 4.78 is 5.79. The van der Waals surface area contributed by atoms with Crippen molar-refractivity contribution >= 4 is 41.8 Å². The van der Waals surface area contributed by atoms with E-state index < -0.39 is 0 Å². The van der Waals surface area contributed by atoms with Gasteiger partial charge in [-0.25, -0.2) is 9.98 Å². The lowest BCUT2D eigenvalue weighted by atomic mass is 9.85. The number of guanidine groups is 1. The molecule has 2 bridgehead atoms. The van der Waals surface area contributed by atoms with Crippen LogP contribution in [0.25, 0.3) is 0 Å². The molecule has 2 amide bonds. The number of carbonyl (C=O) groups excluding carboxylic acids is 2. The molecule has 4 unspecified atom stereocenters. The molecule has 3 aliphatic rings. The third-order valence-corrected chi connectivity index (χ3v) is 6.42. The molecular formula is C23H34IN5O3. The lowest BCUT2D eigenvalue weighted by Crippen LogP contribution is -2.40. The summed E-state index contributed by atoms with van der Waals surface area (Å²) in [7, 11) is 0. The van der Waals surface area contributed by atoms with Gasteiger partial charge in [0.05, 0.1) is 18.0 Å². The molecule has 4 rings (SSSR count). The van der Waals surface area contributed by atoms with Gasteiger partial charge < -0.3 is 15.1 Å². The van der Waals surface area contributed by atoms with Crippen LogP contribution < -0.4 is 10.6 Å². The topological polar surface area (TPSA) is 99.8 Å². The minimum Gasteiger partial charge on any atom is -0.443 e. The van der Waals surface area contributed by atoms with E-state index in [1.165, 1.54) is 4.90 Å². The van der Waals surface area contributed by atoms with Crippen molar-refractivity contribution in [2.75, 3.05) is 19.6 Å². The molecule has 8 nitrogen and oxygen atoms in total. The van der Waals surface area contributed by atoms with Gasteiger partial charge in [-0.05, 0) is 31.6 Å². The third kappa shape index (κ3) is 4.87. The first-order valence-corrected chi connectivity index (χ1v) is 11.3. The highest BCUT2D eigenvalue weighted by atomic mass is 127. The van der Waals surface area contributed by atoms with E-state index in [-0.39, 0.29) is 64.9 Å². The van der Waals surface area contributed by atoms with Crippen molar-refractivity contribution in [1.29, 1.82) is 0 Å². The first kappa shape index (κ1) is 24.7. The smallest absolute Gasteiger partial charge is 0.233 e. The maximum atomic E-state index is 12.7. The maximum Gasteiger partial charge on any atom is 0.233 e. The second-order valence-electron chi connectivity index (χ2n) is 9.67. The second-order valence-corrected chi connectivity index (χ2v) is 9.67. The Hall–Kier alpha value is -1.91. The fourth-order valence-corrected chi connectivity index (χ4v) is 4.85. The van der Waals surface area contributed by atoms with E-state index in [0.29, 0.717) is 37.9 Å². The second kappa shape index (κ2) is 9.93. The van der Waals surface area contributed by atoms with Gasteiger partial charge in [-0.15, -0.1) is 24.0 Å². The first-order valence-electron chi connectivity index (χ1n) is 11.3. The molecule has 0 spiro atoms. The fraction of sp³-hybridized carbons (Fsp3) is 0.652. The van der Waals surface area contributed by atoms with Gasteiger partial charge in [0.15, 0.2) is 5.96 Å². The van der Waals surface area contributed by atoms with Crippen molar-refractivity contribution in [2.24, 2.45) is 28.7 Å². The molecule has 0 radical (unpaired) electrons. The third-order valence-electron chi connectivity index (χ3n) is 6.42. The van der Waals surface area contributed by atoms with Gasteiger partial charge in [-0.2, -0.15) is 0 Å². The molecular weight excluding hydrogens is 521 g/mol. The van der Waals surface area contributed by atoms with Gasteiger partial charge in [0, 0.05) is 25.0 Å². The van der Waals surface area contributed by atoms with Crippen LogP contribution in [0, 0.1) is 23.7 Å². The van der Waals surface area contributed by atoms with E-state index in [4.69, 9.17) is 4.42 Å². The number of oxazole rings is 1. The average Bonchev–Trinajstić information content (AvgIpc) is 3.48. The number of amides is 2. The Balaban J connectivity index is 0.00000289. The monoisotopic (exact) mass is 555 g/mol. The standard InChI is InChI=1S/C23H33N5O3.HI/c1-5-24-22(27-13-17-26-12-16(31-17)23(2,3)4)25-9-6-10-28-20(29)18-14-7-8-15(11-14)19(18)21(28)30;/h7-8,12,14-15,18-19H,5-6,9-11,13H2,1-4H3,(H2,24,25,27);1H. The van der Waals surface area contributed by atoms with Crippen molar-refractivity contribution in [3.63, 3.8) is 0 Å². The minimum absolute atomic E-state index is 0. The Kier molecular flexibility index (Phi) is 7.67. The lowest BCUT2D eigenvalue weighted by Gasteiger charge is -2.18. The number of allylic oxidation sites excluding steroid dienone is 2. The van der Waals surface area contributed by atoms with Crippen molar-refractivity contribution in [1.82, 2.24) is 20.5 Å². The van der Waals surface area contributed by atoms with Crippen LogP contribution in [-0.4, -0.2) is 47.3 Å². The predicted octanol–water partition coefficient (Wildman–Crippen LogP) is 2.84. The molecule has 32 heavy (non-hydrogen) atoms. The molecule has 1 saturated carbocycles. The predicted molar refractivity (Wildman–Crippen MR) is 132 cm³/mol. The van der Waals surface area contributed by atoms with Gasteiger partial charge in [0.25, 0.3) is 0 Å². The molecule has 2 N–H and O–H groups in total. The number of nitrogens with zero attached hydrogens (tertiary/aromatic N) is 3. The average molecular weight is 555 g/mol. The van der Waals surface area contributed by atoms with E-state index >= 15 is 0 Å². The zero-order chi connectivity index (χ0) is 22.2. The summed E-state index contributed by atoms with van der Waals surface area (Å²) in [5.41, 5.74) is -0.0871. The Morgan fingerprint density at radius 2 is 1.84 bits per heavy atom. The number of aromatic nitrogens is 1. The summed E-state index contributed by atoms with van der Waals surface area (Å²) in [4.78, 5) is 35.8. The molecule has 1 aliphatic heterocycles. The van der Waals surface area contributed by atoms with E-state index in [9.17, 15) is 9.59 Å². The summed E-state index contributed by atoms with van der Waals surface area (Å²) in [5, 5.41) is 6.47. The van der Waals surface area contributed by atoms with Crippen molar-refractivity contribution in [3.8, 4) is 0 Å². The minimum atomic E-state index is -0.117. The molecule has 1 aromatic rings. The Morgan fingerprint density at radius 1 is 1.19 bits per heavy atom. The Morgan fingerprint density at radius 3 is 2.41 bits per heavy atom. The lowest BCUT2D eigenvalue weighted by molar-refractivity contribution is -0.140. The summed E-state index contributed by atoms with van der Waals surface area (Å²) in [6.45, 7) is 10.4. The van der Waals surface area contributed by atoms with E-state index in [2.05, 4.69) is 53.5 Å². The van der Waals surface area contributed by atoms with Crippen LogP contribution >= 0.6 is 24.0 Å². The molecule has 4 atom stereocenters. The molecule has 2 heterocycles. The molecule has 0 aromatic carbocycles. The number of hydrogen-bond donors (Lipinski definition) is 2. The number of likely N-dealkylation sites (tertiary alicyclic amines) is 1. The van der Waals surface area contributed by atoms with Crippen LogP contribution in [0.3, 0.4) is 0 Å². The van der Waals surface area contributed by atoms with Crippen LogP contribution in [0.1, 0.15) is 52.2 Å². The molecule has 9 heteroatoms. The van der Waals surface area contributed by atoms with Crippen LogP contribution in [0.4, 0.5) is 0 Å². The van der Waals surface area contributed by atoms with E-state index in [0.717, 1.165) is 18.7 Å². The normalized spacial score (nSPS) is 26.5. The van der Waals surface area contributed by atoms with Gasteiger partial charge in [-0.3, -0.25) is 14.5 Å². The number of fused-ring (bicyclic) bond motifs is 5. The van der Waals surface area contributed by atoms with Crippen molar-refractivity contribution < 1.29 is 14.0 Å². The maximum absolute atomic E-state index is 12.7. The van der Waals surface area contributed by atoms with Gasteiger partial charge in [0.1, 0.15) is 12.3 Å².